The van der Waals surface area contributed by atoms with Gasteiger partial charge in [0.05, 0.1) is 19.3 Å². The Labute approximate surface area is 132 Å². The van der Waals surface area contributed by atoms with E-state index in [2.05, 4.69) is 39.6 Å². The van der Waals surface area contributed by atoms with E-state index in [1.807, 2.05) is 36.9 Å². The van der Waals surface area contributed by atoms with Crippen molar-refractivity contribution in [3.8, 4) is 0 Å². The Bertz CT molecular complexity index is 604. The molecule has 1 aromatic heterocycles. The zero-order valence-corrected chi connectivity index (χ0v) is 13.5. The van der Waals surface area contributed by atoms with Gasteiger partial charge in [0.25, 0.3) is 0 Å². The molecule has 0 aliphatic carbocycles. The molecule has 5 heteroatoms. The van der Waals surface area contributed by atoms with Gasteiger partial charge in [0.1, 0.15) is 24.8 Å². The smallest absolute Gasteiger partial charge is 0.243 e. The Morgan fingerprint density at radius 1 is 1.41 bits per heavy atom. The number of nitrogens with zero attached hydrogens (tertiary/aromatic N) is 3. The van der Waals surface area contributed by atoms with E-state index in [9.17, 15) is 0 Å². The summed E-state index contributed by atoms with van der Waals surface area (Å²) < 4.78 is 4.16. The topological polar surface area (TPSA) is 59.2 Å². The molecule has 0 unspecified atom stereocenters. The Morgan fingerprint density at radius 2 is 2.27 bits per heavy atom. The molecular formula is C17H26N5+. The van der Waals surface area contributed by atoms with Gasteiger partial charge in [0.15, 0.2) is 0 Å². The normalized spacial score (nSPS) is 17.8. The van der Waals surface area contributed by atoms with Crippen LogP contribution in [0.2, 0.25) is 0 Å². The highest BCUT2D eigenvalue weighted by atomic mass is 15.1. The van der Waals surface area contributed by atoms with Crippen LogP contribution in [0.15, 0.2) is 59.3 Å². The SMILES string of the molecule is CC1=C(N)C(NCCn2cc[n+](C)c2)=NCCC/C=C/C=C1. The first-order valence-electron chi connectivity index (χ1n) is 7.76. The lowest BCUT2D eigenvalue weighted by atomic mass is 10.2. The summed E-state index contributed by atoms with van der Waals surface area (Å²) in [4.78, 5) is 4.63. The summed E-state index contributed by atoms with van der Waals surface area (Å²) in [5.41, 5.74) is 8.01. The molecule has 118 valence electrons. The van der Waals surface area contributed by atoms with E-state index in [0.29, 0.717) is 0 Å². The number of allylic oxidation sites excluding steroid dienone is 5. The van der Waals surface area contributed by atoms with Crippen molar-refractivity contribution >= 4 is 5.84 Å². The molecule has 0 amide bonds. The molecule has 0 saturated heterocycles. The van der Waals surface area contributed by atoms with Gasteiger partial charge >= 0.3 is 0 Å². The Hall–Kier alpha value is -2.30. The van der Waals surface area contributed by atoms with E-state index in [4.69, 9.17) is 5.73 Å². The number of nitrogens with one attached hydrogen (secondary N) is 1. The average Bonchev–Trinajstić information content (AvgIpc) is 2.90. The minimum Gasteiger partial charge on any atom is -0.396 e. The van der Waals surface area contributed by atoms with Gasteiger partial charge in [-0.25, -0.2) is 9.13 Å². The zero-order chi connectivity index (χ0) is 15.8. The van der Waals surface area contributed by atoms with Crippen LogP contribution >= 0.6 is 0 Å². The first-order valence-corrected chi connectivity index (χ1v) is 7.76. The summed E-state index contributed by atoms with van der Waals surface area (Å²) in [7, 11) is 2.02. The van der Waals surface area contributed by atoms with E-state index < -0.39 is 0 Å². The number of nitrogens with two attached hydrogens (primary N) is 1. The molecule has 5 nitrogen and oxygen atoms in total. The predicted octanol–water partition coefficient (Wildman–Crippen LogP) is 1.44. The quantitative estimate of drug-likeness (QED) is 0.830. The van der Waals surface area contributed by atoms with Gasteiger partial charge in [0.2, 0.25) is 6.33 Å². The maximum atomic E-state index is 6.25. The summed E-state index contributed by atoms with van der Waals surface area (Å²) in [6.07, 6.45) is 16.5. The molecule has 22 heavy (non-hydrogen) atoms. The van der Waals surface area contributed by atoms with Gasteiger partial charge in [-0.1, -0.05) is 24.3 Å². The monoisotopic (exact) mass is 300 g/mol. The van der Waals surface area contributed by atoms with Gasteiger partial charge in [-0.3, -0.25) is 4.99 Å². The molecule has 0 atom stereocenters. The highest BCUT2D eigenvalue weighted by molar-refractivity contribution is 5.98. The van der Waals surface area contributed by atoms with Gasteiger partial charge in [-0.2, -0.15) is 0 Å². The minimum atomic E-state index is 0.726. The number of rotatable bonds is 3. The first-order chi connectivity index (χ1) is 10.7. The van der Waals surface area contributed by atoms with Crippen LogP contribution in [-0.4, -0.2) is 23.5 Å². The Morgan fingerprint density at radius 3 is 3.05 bits per heavy atom. The maximum Gasteiger partial charge on any atom is 0.243 e. The molecule has 1 aliphatic rings. The van der Waals surface area contributed by atoms with Crippen molar-refractivity contribution in [2.75, 3.05) is 13.1 Å². The highest BCUT2D eigenvalue weighted by Crippen LogP contribution is 2.04. The number of hydrogen-bond acceptors (Lipinski definition) is 3. The second kappa shape index (κ2) is 8.22. The van der Waals surface area contributed by atoms with Crippen molar-refractivity contribution < 1.29 is 4.57 Å². The van der Waals surface area contributed by atoms with Crippen LogP contribution in [0.5, 0.6) is 0 Å². The summed E-state index contributed by atoms with van der Waals surface area (Å²) in [6, 6.07) is 0. The number of hydrogen-bond donors (Lipinski definition) is 2. The number of aromatic nitrogens is 2. The van der Waals surface area contributed by atoms with Crippen LogP contribution in [-0.2, 0) is 13.6 Å². The van der Waals surface area contributed by atoms with Gasteiger partial charge in [-0.05, 0) is 25.3 Å². The Balaban J connectivity index is 2.01. The summed E-state index contributed by atoms with van der Waals surface area (Å²) in [5.74, 6) is 0.806. The first kappa shape index (κ1) is 16.1. The largest absolute Gasteiger partial charge is 0.396 e. The van der Waals surface area contributed by atoms with Crippen molar-refractivity contribution in [2.24, 2.45) is 17.8 Å². The molecule has 0 spiro atoms. The number of aryl methyl sites for hydroxylation is 1. The molecule has 1 aliphatic heterocycles. The summed E-state index contributed by atoms with van der Waals surface area (Å²) in [5, 5.41) is 3.38. The molecule has 0 aromatic carbocycles. The van der Waals surface area contributed by atoms with Crippen LogP contribution in [0, 0.1) is 0 Å². The lowest BCUT2D eigenvalue weighted by Gasteiger charge is -2.11. The summed E-state index contributed by atoms with van der Waals surface area (Å²) in [6.45, 7) is 4.48. The van der Waals surface area contributed by atoms with E-state index in [1.165, 1.54) is 0 Å². The van der Waals surface area contributed by atoms with Crippen molar-refractivity contribution in [2.45, 2.75) is 26.3 Å². The van der Waals surface area contributed by atoms with Crippen molar-refractivity contribution in [1.82, 2.24) is 9.88 Å². The van der Waals surface area contributed by atoms with Crippen molar-refractivity contribution in [3.63, 3.8) is 0 Å². The third kappa shape index (κ3) is 4.91. The number of amidine groups is 1. The van der Waals surface area contributed by atoms with Crippen LogP contribution in [0.4, 0.5) is 0 Å². The van der Waals surface area contributed by atoms with E-state index in [0.717, 1.165) is 49.6 Å². The zero-order valence-electron chi connectivity index (χ0n) is 13.5. The lowest BCUT2D eigenvalue weighted by Crippen LogP contribution is -2.33. The van der Waals surface area contributed by atoms with Gasteiger partial charge in [-0.15, -0.1) is 0 Å². The molecule has 0 fully saturated rings. The molecule has 0 radical (unpaired) electrons. The Kier molecular flexibility index (Phi) is 6.01. The van der Waals surface area contributed by atoms with Gasteiger partial charge in [0, 0.05) is 6.54 Å². The number of imidazole rings is 1. The predicted molar refractivity (Wildman–Crippen MR) is 90.3 cm³/mol. The second-order valence-corrected chi connectivity index (χ2v) is 5.50. The van der Waals surface area contributed by atoms with Crippen LogP contribution < -0.4 is 15.6 Å². The van der Waals surface area contributed by atoms with E-state index in [-0.39, 0.29) is 0 Å². The molecule has 2 heterocycles. The average molecular weight is 300 g/mol. The molecule has 3 N–H and O–H groups in total. The summed E-state index contributed by atoms with van der Waals surface area (Å²) >= 11 is 0. The van der Waals surface area contributed by atoms with Crippen LogP contribution in [0.25, 0.3) is 0 Å². The molecular weight excluding hydrogens is 274 g/mol. The molecule has 2 rings (SSSR count). The van der Waals surface area contributed by atoms with E-state index in [1.54, 1.807) is 0 Å². The fourth-order valence-electron chi connectivity index (χ4n) is 2.22. The third-order valence-corrected chi connectivity index (χ3v) is 3.56. The molecule has 0 saturated carbocycles. The lowest BCUT2D eigenvalue weighted by molar-refractivity contribution is -0.671. The molecule has 0 bridgehead atoms. The third-order valence-electron chi connectivity index (χ3n) is 3.56. The van der Waals surface area contributed by atoms with Crippen molar-refractivity contribution in [3.05, 3.63) is 54.3 Å². The highest BCUT2D eigenvalue weighted by Gasteiger charge is 2.07. The van der Waals surface area contributed by atoms with Gasteiger partial charge < -0.3 is 11.1 Å². The maximum absolute atomic E-state index is 6.25. The van der Waals surface area contributed by atoms with Crippen molar-refractivity contribution in [1.29, 1.82) is 0 Å². The minimum absolute atomic E-state index is 0.726. The standard InChI is InChI=1S/C17H26N5/c1-15-8-6-4-3-5-7-9-19-17(16(15)18)20-10-11-22-13-12-21(2)14-22/h3-4,6,8,12-14H,5,7,9-11,18H2,1-2H3,(H,19,20)/q+1/b4-3+,8-6?,16-15?. The van der Waals surface area contributed by atoms with Crippen LogP contribution in [0.1, 0.15) is 19.8 Å². The second-order valence-electron chi connectivity index (χ2n) is 5.50. The van der Waals surface area contributed by atoms with E-state index >= 15 is 0 Å². The fraction of sp³-hybridized carbons (Fsp3) is 0.412. The molecule has 1 aromatic rings. The fourth-order valence-corrected chi connectivity index (χ4v) is 2.22. The number of aliphatic imine (C=N–C) groups is 1. The van der Waals surface area contributed by atoms with Crippen LogP contribution in [0.3, 0.4) is 0 Å².